The van der Waals surface area contributed by atoms with Gasteiger partial charge in [0.15, 0.2) is 0 Å². The second-order valence-electron chi connectivity index (χ2n) is 2.87. The van der Waals surface area contributed by atoms with E-state index in [-0.39, 0.29) is 5.82 Å². The second kappa shape index (κ2) is 3.39. The summed E-state index contributed by atoms with van der Waals surface area (Å²) in [6, 6.07) is 4.89. The first kappa shape index (κ1) is 8.78. The van der Waals surface area contributed by atoms with Gasteiger partial charge in [-0.15, -0.1) is 0 Å². The molecule has 1 nitrogen and oxygen atoms in total. The molecule has 0 aromatic heterocycles. The maximum atomic E-state index is 12.8. The van der Waals surface area contributed by atoms with Gasteiger partial charge in [0.2, 0.25) is 0 Å². The summed E-state index contributed by atoms with van der Waals surface area (Å²) >= 11 is 0. The zero-order valence-corrected chi connectivity index (χ0v) is 7.32. The van der Waals surface area contributed by atoms with Gasteiger partial charge in [-0.1, -0.05) is 6.58 Å². The summed E-state index contributed by atoms with van der Waals surface area (Å²) in [4.78, 5) is 0. The van der Waals surface area contributed by atoms with E-state index in [0.29, 0.717) is 5.56 Å². The maximum Gasteiger partial charge on any atom is 0.126 e. The lowest BCUT2D eigenvalue weighted by atomic mass is 10.2. The lowest BCUT2D eigenvalue weighted by molar-refractivity contribution is 0.619. The molecule has 2 heteroatoms. The highest BCUT2D eigenvalue weighted by atomic mass is 19.1. The van der Waals surface area contributed by atoms with Crippen LogP contribution < -0.4 is 5.32 Å². The van der Waals surface area contributed by atoms with Gasteiger partial charge in [0, 0.05) is 11.4 Å². The van der Waals surface area contributed by atoms with Crippen LogP contribution in [0.1, 0.15) is 12.5 Å². The van der Waals surface area contributed by atoms with Gasteiger partial charge >= 0.3 is 0 Å². The average Bonchev–Trinajstić information content (AvgIpc) is 1.96. The third-order valence-electron chi connectivity index (χ3n) is 1.52. The zero-order chi connectivity index (χ0) is 9.14. The molecule has 0 bridgehead atoms. The summed E-state index contributed by atoms with van der Waals surface area (Å²) in [6.45, 7) is 7.29. The molecule has 0 saturated carbocycles. The van der Waals surface area contributed by atoms with E-state index in [2.05, 4.69) is 11.9 Å². The van der Waals surface area contributed by atoms with Gasteiger partial charge in [-0.05, 0) is 37.6 Å². The Morgan fingerprint density at radius 1 is 1.50 bits per heavy atom. The van der Waals surface area contributed by atoms with Crippen molar-refractivity contribution in [1.82, 2.24) is 0 Å². The van der Waals surface area contributed by atoms with Gasteiger partial charge in [0.25, 0.3) is 0 Å². The minimum Gasteiger partial charge on any atom is -0.360 e. The number of aryl methyl sites for hydroxylation is 1. The van der Waals surface area contributed by atoms with Crippen molar-refractivity contribution in [3.05, 3.63) is 41.9 Å². The zero-order valence-electron chi connectivity index (χ0n) is 7.32. The Hall–Kier alpha value is -1.31. The first-order valence-electron chi connectivity index (χ1n) is 3.78. The van der Waals surface area contributed by atoms with Crippen molar-refractivity contribution < 1.29 is 4.39 Å². The predicted octanol–water partition coefficient (Wildman–Crippen LogP) is 3.08. The normalized spacial score (nSPS) is 9.58. The van der Waals surface area contributed by atoms with Gasteiger partial charge in [-0.2, -0.15) is 0 Å². The van der Waals surface area contributed by atoms with Crippen molar-refractivity contribution in [1.29, 1.82) is 0 Å². The SMILES string of the molecule is C=C(C)Nc1ccc(F)c(C)c1. The standard InChI is InChI=1S/C10H12FN/c1-7(2)12-9-4-5-10(11)8(3)6-9/h4-6,12H,1H2,2-3H3. The van der Waals surface area contributed by atoms with Crippen LogP contribution in [0, 0.1) is 12.7 Å². The molecule has 0 spiro atoms. The number of hydrogen-bond acceptors (Lipinski definition) is 1. The van der Waals surface area contributed by atoms with Crippen molar-refractivity contribution in [2.45, 2.75) is 13.8 Å². The van der Waals surface area contributed by atoms with Crippen LogP contribution in [0.5, 0.6) is 0 Å². The van der Waals surface area contributed by atoms with Gasteiger partial charge < -0.3 is 5.32 Å². The summed E-state index contributed by atoms with van der Waals surface area (Å²) in [6.07, 6.45) is 0. The lowest BCUT2D eigenvalue weighted by Crippen LogP contribution is -1.94. The summed E-state index contributed by atoms with van der Waals surface area (Å²) in [5.74, 6) is -0.178. The fraction of sp³-hybridized carbons (Fsp3) is 0.200. The van der Waals surface area contributed by atoms with Crippen LogP contribution in [-0.4, -0.2) is 0 Å². The number of nitrogens with one attached hydrogen (secondary N) is 1. The molecule has 0 unspecified atom stereocenters. The van der Waals surface area contributed by atoms with Gasteiger partial charge in [0.1, 0.15) is 5.82 Å². The maximum absolute atomic E-state index is 12.8. The van der Waals surface area contributed by atoms with Gasteiger partial charge in [0.05, 0.1) is 0 Å². The first-order chi connectivity index (χ1) is 5.59. The molecular weight excluding hydrogens is 153 g/mol. The summed E-state index contributed by atoms with van der Waals surface area (Å²) in [5.41, 5.74) is 2.36. The van der Waals surface area contributed by atoms with Crippen molar-refractivity contribution in [3.63, 3.8) is 0 Å². The average molecular weight is 165 g/mol. The minimum absolute atomic E-state index is 0.178. The monoisotopic (exact) mass is 165 g/mol. The van der Waals surface area contributed by atoms with Gasteiger partial charge in [-0.3, -0.25) is 0 Å². The molecular formula is C10H12FN. The van der Waals surface area contributed by atoms with Crippen LogP contribution in [0.25, 0.3) is 0 Å². The molecule has 0 amide bonds. The lowest BCUT2D eigenvalue weighted by Gasteiger charge is -2.05. The number of rotatable bonds is 2. The quantitative estimate of drug-likeness (QED) is 0.710. The van der Waals surface area contributed by atoms with E-state index in [1.54, 1.807) is 19.1 Å². The largest absolute Gasteiger partial charge is 0.360 e. The van der Waals surface area contributed by atoms with Gasteiger partial charge in [-0.25, -0.2) is 4.39 Å². The fourth-order valence-corrected chi connectivity index (χ4v) is 0.969. The Balaban J connectivity index is 2.89. The molecule has 0 heterocycles. The van der Waals surface area contributed by atoms with Crippen LogP contribution in [-0.2, 0) is 0 Å². The summed E-state index contributed by atoms with van der Waals surface area (Å²) < 4.78 is 12.8. The molecule has 0 aliphatic carbocycles. The second-order valence-corrected chi connectivity index (χ2v) is 2.87. The highest BCUT2D eigenvalue weighted by molar-refractivity contribution is 5.49. The number of allylic oxidation sites excluding steroid dienone is 1. The minimum atomic E-state index is -0.178. The fourth-order valence-electron chi connectivity index (χ4n) is 0.969. The van der Waals surface area contributed by atoms with Crippen LogP contribution in [0.2, 0.25) is 0 Å². The first-order valence-corrected chi connectivity index (χ1v) is 3.78. The molecule has 1 rings (SSSR count). The van der Waals surface area contributed by atoms with E-state index in [1.807, 2.05) is 6.92 Å². The molecule has 0 aliphatic rings. The molecule has 0 fully saturated rings. The molecule has 1 aromatic rings. The van der Waals surface area contributed by atoms with E-state index in [4.69, 9.17) is 0 Å². The number of halogens is 1. The van der Waals surface area contributed by atoms with E-state index in [1.165, 1.54) is 6.07 Å². The van der Waals surface area contributed by atoms with E-state index >= 15 is 0 Å². The van der Waals surface area contributed by atoms with Crippen LogP contribution in [0.4, 0.5) is 10.1 Å². The summed E-state index contributed by atoms with van der Waals surface area (Å²) in [5, 5.41) is 3.01. The Kier molecular flexibility index (Phi) is 2.48. The van der Waals surface area contributed by atoms with Crippen LogP contribution >= 0.6 is 0 Å². The van der Waals surface area contributed by atoms with Crippen molar-refractivity contribution >= 4 is 5.69 Å². The number of benzene rings is 1. The Morgan fingerprint density at radius 3 is 2.67 bits per heavy atom. The molecule has 0 radical (unpaired) electrons. The molecule has 0 aliphatic heterocycles. The van der Waals surface area contributed by atoms with E-state index in [9.17, 15) is 4.39 Å². The highest BCUT2D eigenvalue weighted by Crippen LogP contribution is 2.14. The van der Waals surface area contributed by atoms with E-state index < -0.39 is 0 Å². The molecule has 1 N–H and O–H groups in total. The van der Waals surface area contributed by atoms with Crippen molar-refractivity contribution in [3.8, 4) is 0 Å². The Morgan fingerprint density at radius 2 is 2.17 bits per heavy atom. The third kappa shape index (κ3) is 2.09. The molecule has 12 heavy (non-hydrogen) atoms. The predicted molar refractivity (Wildman–Crippen MR) is 49.6 cm³/mol. The number of anilines is 1. The number of hydrogen-bond donors (Lipinski definition) is 1. The van der Waals surface area contributed by atoms with Crippen molar-refractivity contribution in [2.24, 2.45) is 0 Å². The third-order valence-corrected chi connectivity index (χ3v) is 1.52. The topological polar surface area (TPSA) is 12.0 Å². The van der Waals surface area contributed by atoms with Crippen LogP contribution in [0.15, 0.2) is 30.5 Å². The molecule has 64 valence electrons. The molecule has 0 saturated heterocycles. The smallest absolute Gasteiger partial charge is 0.126 e. The highest BCUT2D eigenvalue weighted by Gasteiger charge is 1.97. The molecule has 1 aromatic carbocycles. The molecule has 0 atom stereocenters. The Labute approximate surface area is 71.9 Å². The Bertz CT molecular complexity index is 305. The van der Waals surface area contributed by atoms with Crippen LogP contribution in [0.3, 0.4) is 0 Å². The van der Waals surface area contributed by atoms with Crippen molar-refractivity contribution in [2.75, 3.05) is 5.32 Å². The van der Waals surface area contributed by atoms with E-state index in [0.717, 1.165) is 11.4 Å². The summed E-state index contributed by atoms with van der Waals surface area (Å²) in [7, 11) is 0.